The van der Waals surface area contributed by atoms with Crippen LogP contribution in [0.5, 0.6) is 23.0 Å². The van der Waals surface area contributed by atoms with Crippen molar-refractivity contribution in [3.8, 4) is 23.0 Å². The van der Waals surface area contributed by atoms with Gasteiger partial charge in [0, 0.05) is 11.1 Å². The molecule has 3 aromatic rings. The Morgan fingerprint density at radius 2 is 1.73 bits per heavy atom. The molecule has 0 radical (unpaired) electrons. The van der Waals surface area contributed by atoms with Gasteiger partial charge < -0.3 is 18.9 Å². The van der Waals surface area contributed by atoms with Gasteiger partial charge >= 0.3 is 6.03 Å². The maximum absolute atomic E-state index is 14.2. The van der Waals surface area contributed by atoms with Crippen molar-refractivity contribution in [2.45, 2.75) is 39.8 Å². The number of barbiturate groups is 1. The van der Waals surface area contributed by atoms with Crippen molar-refractivity contribution in [3.63, 3.8) is 0 Å². The number of urea groups is 1. The molecule has 1 N–H and O–H groups in total. The molecule has 3 aromatic carbocycles. The number of hydrogen-bond donors (Lipinski definition) is 1. The molecule has 4 rings (SSSR count). The summed E-state index contributed by atoms with van der Waals surface area (Å²) in [5.41, 5.74) is 1.86. The molecule has 230 valence electrons. The first-order valence-corrected chi connectivity index (χ1v) is 14.2. The van der Waals surface area contributed by atoms with Gasteiger partial charge in [-0.25, -0.2) is 9.18 Å². The molecular weight excluding hydrogens is 567 g/mol. The summed E-state index contributed by atoms with van der Waals surface area (Å²) in [5, 5.41) is 2.25. The summed E-state index contributed by atoms with van der Waals surface area (Å²) in [7, 11) is 1.45. The zero-order chi connectivity index (χ0) is 31.6. The van der Waals surface area contributed by atoms with Crippen LogP contribution in [0.25, 0.3) is 6.08 Å². The van der Waals surface area contributed by atoms with Crippen molar-refractivity contribution in [1.82, 2.24) is 10.2 Å². The number of carbonyl (C=O) groups excluding carboxylic acids is 3. The second-order valence-corrected chi connectivity index (χ2v) is 9.86. The van der Waals surface area contributed by atoms with Gasteiger partial charge in [0.2, 0.25) is 0 Å². The van der Waals surface area contributed by atoms with E-state index in [4.69, 9.17) is 18.9 Å². The van der Waals surface area contributed by atoms with Gasteiger partial charge in [0.25, 0.3) is 11.8 Å². The lowest BCUT2D eigenvalue weighted by atomic mass is 10.0. The zero-order valence-electron chi connectivity index (χ0n) is 25.0. The molecule has 0 aromatic heterocycles. The van der Waals surface area contributed by atoms with E-state index in [1.807, 2.05) is 13.8 Å². The van der Waals surface area contributed by atoms with Gasteiger partial charge in [-0.3, -0.25) is 19.8 Å². The lowest BCUT2D eigenvalue weighted by Crippen LogP contribution is -2.53. The number of imide groups is 2. The maximum Gasteiger partial charge on any atom is 0.331 e. The molecule has 0 aliphatic carbocycles. The molecule has 0 saturated carbocycles. The molecule has 4 amide bonds. The van der Waals surface area contributed by atoms with Crippen LogP contribution in [-0.4, -0.2) is 43.1 Å². The maximum atomic E-state index is 14.2. The fourth-order valence-corrected chi connectivity index (χ4v) is 4.59. The smallest absolute Gasteiger partial charge is 0.331 e. The number of methoxy groups -OCH3 is 1. The number of allylic oxidation sites excluding steroid dienone is 1. The molecule has 1 heterocycles. The molecule has 0 unspecified atom stereocenters. The normalized spacial score (nSPS) is 14.0. The van der Waals surface area contributed by atoms with E-state index in [-0.39, 0.29) is 18.7 Å². The third-order valence-corrected chi connectivity index (χ3v) is 6.68. The number of hydrogen-bond acceptors (Lipinski definition) is 7. The molecule has 1 fully saturated rings. The predicted molar refractivity (Wildman–Crippen MR) is 163 cm³/mol. The largest absolute Gasteiger partial charge is 0.493 e. The van der Waals surface area contributed by atoms with Crippen molar-refractivity contribution >= 4 is 23.9 Å². The van der Waals surface area contributed by atoms with Crippen molar-refractivity contribution < 1.29 is 37.7 Å². The van der Waals surface area contributed by atoms with Crippen molar-refractivity contribution in [1.29, 1.82) is 0 Å². The molecule has 0 bridgehead atoms. The minimum absolute atomic E-state index is 0.0394. The van der Waals surface area contributed by atoms with Crippen LogP contribution < -0.4 is 24.3 Å². The van der Waals surface area contributed by atoms with E-state index in [9.17, 15) is 18.8 Å². The van der Waals surface area contributed by atoms with Crippen LogP contribution in [0.4, 0.5) is 9.18 Å². The van der Waals surface area contributed by atoms with Crippen LogP contribution in [0, 0.1) is 5.82 Å². The standard InChI is InChI=1S/C34H35FN2O7/c1-5-10-24-16-23(19-30(41-4)31(24)44-21-25-11-8-9-12-27(25)35)17-26-32(38)36-34(40)37(33(26)39)20-22-13-14-28(43-15-6-2)29(18-22)42-7-3/h5,8-9,11-14,16-19H,1,6-7,10,15,20-21H2,2-4H3,(H,36,38,40)/b26-17+. The van der Waals surface area contributed by atoms with E-state index in [1.165, 1.54) is 19.3 Å². The summed E-state index contributed by atoms with van der Waals surface area (Å²) >= 11 is 0. The first-order chi connectivity index (χ1) is 21.3. The first kappa shape index (κ1) is 31.8. The Balaban J connectivity index is 1.63. The molecule has 10 heteroatoms. The van der Waals surface area contributed by atoms with Crippen LogP contribution >= 0.6 is 0 Å². The van der Waals surface area contributed by atoms with Crippen LogP contribution in [0.3, 0.4) is 0 Å². The first-order valence-electron chi connectivity index (χ1n) is 14.2. The summed E-state index contributed by atoms with van der Waals surface area (Å²) in [5.74, 6) is -0.217. The number of benzene rings is 3. The van der Waals surface area contributed by atoms with E-state index in [0.717, 1.165) is 11.3 Å². The topological polar surface area (TPSA) is 103 Å². The quantitative estimate of drug-likeness (QED) is 0.137. The Labute approximate surface area is 255 Å². The van der Waals surface area contributed by atoms with Crippen LogP contribution in [0.1, 0.15) is 42.5 Å². The number of amides is 4. The number of halogens is 1. The molecular formula is C34H35FN2O7. The second kappa shape index (κ2) is 14.9. The van der Waals surface area contributed by atoms with Gasteiger partial charge in [-0.2, -0.15) is 0 Å². The Morgan fingerprint density at radius 1 is 0.932 bits per heavy atom. The minimum Gasteiger partial charge on any atom is -0.493 e. The Kier molecular flexibility index (Phi) is 10.7. The van der Waals surface area contributed by atoms with E-state index < -0.39 is 23.7 Å². The highest BCUT2D eigenvalue weighted by Gasteiger charge is 2.36. The Bertz CT molecular complexity index is 1580. The summed E-state index contributed by atoms with van der Waals surface area (Å²) in [6.07, 6.45) is 4.24. The summed E-state index contributed by atoms with van der Waals surface area (Å²) in [6.45, 7) is 8.42. The molecule has 1 aliphatic heterocycles. The lowest BCUT2D eigenvalue weighted by molar-refractivity contribution is -0.130. The lowest BCUT2D eigenvalue weighted by Gasteiger charge is -2.27. The fraction of sp³-hybridized carbons (Fsp3) is 0.265. The average molecular weight is 603 g/mol. The van der Waals surface area contributed by atoms with E-state index in [2.05, 4.69) is 11.9 Å². The monoisotopic (exact) mass is 602 g/mol. The van der Waals surface area contributed by atoms with Crippen LogP contribution in [0.2, 0.25) is 0 Å². The molecule has 9 nitrogen and oxygen atoms in total. The summed E-state index contributed by atoms with van der Waals surface area (Å²) < 4.78 is 37.2. The molecule has 1 saturated heterocycles. The number of nitrogens with one attached hydrogen (secondary N) is 1. The van der Waals surface area contributed by atoms with Gasteiger partial charge in [-0.05, 0) is 67.3 Å². The van der Waals surface area contributed by atoms with Gasteiger partial charge in [0.05, 0.1) is 26.9 Å². The highest BCUT2D eigenvalue weighted by atomic mass is 19.1. The van der Waals surface area contributed by atoms with Crippen molar-refractivity contribution in [2.75, 3.05) is 20.3 Å². The van der Waals surface area contributed by atoms with Gasteiger partial charge in [-0.1, -0.05) is 37.3 Å². The Morgan fingerprint density at radius 3 is 2.43 bits per heavy atom. The second-order valence-electron chi connectivity index (χ2n) is 9.86. The van der Waals surface area contributed by atoms with Gasteiger partial charge in [0.1, 0.15) is 18.0 Å². The highest BCUT2D eigenvalue weighted by molar-refractivity contribution is 6.31. The molecule has 0 atom stereocenters. The van der Waals surface area contributed by atoms with Crippen molar-refractivity contribution in [2.24, 2.45) is 0 Å². The van der Waals surface area contributed by atoms with Crippen LogP contribution in [0.15, 0.2) is 72.8 Å². The van der Waals surface area contributed by atoms with Gasteiger partial charge in [-0.15, -0.1) is 6.58 Å². The van der Waals surface area contributed by atoms with Gasteiger partial charge in [0.15, 0.2) is 23.0 Å². The fourth-order valence-electron chi connectivity index (χ4n) is 4.59. The Hall–Kier alpha value is -5.12. The zero-order valence-corrected chi connectivity index (χ0v) is 25.0. The number of carbonyl (C=O) groups is 3. The molecule has 44 heavy (non-hydrogen) atoms. The summed E-state index contributed by atoms with van der Waals surface area (Å²) in [4.78, 5) is 40.0. The third kappa shape index (κ3) is 7.44. The number of nitrogens with zero attached hydrogens (tertiary/aromatic N) is 1. The van der Waals surface area contributed by atoms with Crippen molar-refractivity contribution in [3.05, 3.63) is 101 Å². The SMILES string of the molecule is C=CCc1cc(/C=C2\C(=O)NC(=O)N(Cc3ccc(OCCC)c(OCC)c3)C2=O)cc(OC)c1OCc1ccccc1F. The number of ether oxygens (including phenoxy) is 4. The third-order valence-electron chi connectivity index (χ3n) is 6.68. The van der Waals surface area contributed by atoms with E-state index in [1.54, 1.807) is 54.6 Å². The van der Waals surface area contributed by atoms with E-state index >= 15 is 0 Å². The summed E-state index contributed by atoms with van der Waals surface area (Å²) in [6, 6.07) is 14.0. The highest BCUT2D eigenvalue weighted by Crippen LogP contribution is 2.36. The van der Waals surface area contributed by atoms with E-state index in [0.29, 0.717) is 64.9 Å². The average Bonchev–Trinajstić information content (AvgIpc) is 3.01. The molecule has 0 spiro atoms. The molecule has 1 aliphatic rings. The minimum atomic E-state index is -0.830. The van der Waals surface area contributed by atoms with Crippen LogP contribution in [-0.2, 0) is 29.2 Å². The number of rotatable bonds is 14. The predicted octanol–water partition coefficient (Wildman–Crippen LogP) is 5.99.